The van der Waals surface area contributed by atoms with Crippen LogP contribution in [0, 0.1) is 6.92 Å². The summed E-state index contributed by atoms with van der Waals surface area (Å²) in [7, 11) is 0. The van der Waals surface area contributed by atoms with E-state index in [9.17, 15) is 4.79 Å². The van der Waals surface area contributed by atoms with Crippen molar-refractivity contribution < 1.29 is 9.47 Å². The molecule has 4 aromatic rings. The molecule has 0 amide bonds. The highest BCUT2D eigenvalue weighted by molar-refractivity contribution is 5.80. The smallest absolute Gasteiger partial charge is 0.254 e. The van der Waals surface area contributed by atoms with Gasteiger partial charge in [-0.2, -0.15) is 5.10 Å². The number of ether oxygens (including phenoxy) is 2. The number of nitrogens with zero attached hydrogens (tertiary/aromatic N) is 2. The minimum atomic E-state index is -0.119. The topological polar surface area (TPSA) is 81.2 Å². The summed E-state index contributed by atoms with van der Waals surface area (Å²) in [4.78, 5) is 15.8. The van der Waals surface area contributed by atoms with Gasteiger partial charge < -0.3 is 19.8 Å². The molecule has 0 spiro atoms. The second-order valence-corrected chi connectivity index (χ2v) is 7.72. The van der Waals surface area contributed by atoms with Crippen molar-refractivity contribution in [2.24, 2.45) is 0 Å². The molecule has 0 bridgehead atoms. The van der Waals surface area contributed by atoms with Gasteiger partial charge in [0.05, 0.1) is 11.4 Å². The number of benzene rings is 2. The third kappa shape index (κ3) is 3.68. The quantitative estimate of drug-likeness (QED) is 0.519. The lowest BCUT2D eigenvalue weighted by atomic mass is 10.1. The fourth-order valence-electron chi connectivity index (χ4n) is 3.86. The molecule has 3 heterocycles. The zero-order valence-corrected chi connectivity index (χ0v) is 17.5. The highest BCUT2D eigenvalue weighted by Gasteiger charge is 2.16. The Morgan fingerprint density at radius 1 is 1.10 bits per heavy atom. The van der Waals surface area contributed by atoms with Crippen molar-refractivity contribution >= 4 is 11.0 Å². The maximum atomic E-state index is 12.8. The predicted molar refractivity (Wildman–Crippen MR) is 119 cm³/mol. The zero-order valence-electron chi connectivity index (χ0n) is 17.5. The van der Waals surface area contributed by atoms with Crippen molar-refractivity contribution in [3.63, 3.8) is 0 Å². The van der Waals surface area contributed by atoms with Gasteiger partial charge in [0, 0.05) is 23.5 Å². The molecule has 0 aliphatic carbocycles. The van der Waals surface area contributed by atoms with Crippen molar-refractivity contribution in [2.45, 2.75) is 26.4 Å². The molecule has 1 aliphatic heterocycles. The van der Waals surface area contributed by atoms with Gasteiger partial charge in [-0.05, 0) is 49.7 Å². The number of aromatic nitrogens is 3. The summed E-state index contributed by atoms with van der Waals surface area (Å²) in [5.41, 5.74) is 4.12. The van der Waals surface area contributed by atoms with Crippen LogP contribution in [0.2, 0.25) is 0 Å². The number of para-hydroxylation sites is 1. The van der Waals surface area contributed by atoms with Crippen LogP contribution < -0.4 is 20.3 Å². The van der Waals surface area contributed by atoms with Gasteiger partial charge in [0.15, 0.2) is 11.5 Å². The van der Waals surface area contributed by atoms with E-state index in [1.54, 1.807) is 4.68 Å². The van der Waals surface area contributed by atoms with Crippen molar-refractivity contribution in [1.82, 2.24) is 20.1 Å². The summed E-state index contributed by atoms with van der Waals surface area (Å²) in [6.07, 6.45) is 0. The van der Waals surface area contributed by atoms with Crippen LogP contribution in [0.1, 0.15) is 29.8 Å². The molecule has 0 saturated carbocycles. The van der Waals surface area contributed by atoms with Gasteiger partial charge in [0.2, 0.25) is 0 Å². The van der Waals surface area contributed by atoms with E-state index in [0.29, 0.717) is 31.0 Å². The molecule has 158 valence electrons. The standard InChI is InChI=1S/C24H24N4O3/c1-15(17-8-9-21-22(13-17)31-11-10-30-21)25-14-18-12-20-16(2)27-28(23(20)26-24(18)29)19-6-4-3-5-7-19/h3-9,12-13,15,25H,10-11,14H2,1-2H3,(H,26,29)/t15-/m0/s1. The lowest BCUT2D eigenvalue weighted by Gasteiger charge is -2.21. The van der Waals surface area contributed by atoms with Gasteiger partial charge >= 0.3 is 0 Å². The lowest BCUT2D eigenvalue weighted by molar-refractivity contribution is 0.171. The number of H-pyrrole nitrogens is 1. The van der Waals surface area contributed by atoms with E-state index in [4.69, 9.17) is 9.47 Å². The fraction of sp³-hybridized carbons (Fsp3) is 0.250. The first-order valence-corrected chi connectivity index (χ1v) is 10.4. The Labute approximate surface area is 179 Å². The van der Waals surface area contributed by atoms with E-state index in [-0.39, 0.29) is 11.6 Å². The van der Waals surface area contributed by atoms with Crippen LogP contribution in [0.4, 0.5) is 0 Å². The first kappa shape index (κ1) is 19.4. The van der Waals surface area contributed by atoms with Crippen molar-refractivity contribution in [3.8, 4) is 17.2 Å². The van der Waals surface area contributed by atoms with E-state index >= 15 is 0 Å². The third-order valence-electron chi connectivity index (χ3n) is 5.61. The molecule has 0 unspecified atom stereocenters. The van der Waals surface area contributed by atoms with Crippen LogP contribution >= 0.6 is 0 Å². The first-order valence-electron chi connectivity index (χ1n) is 10.4. The summed E-state index contributed by atoms with van der Waals surface area (Å²) in [5.74, 6) is 1.54. The normalized spacial score (nSPS) is 14.0. The van der Waals surface area contributed by atoms with Crippen LogP contribution in [-0.4, -0.2) is 28.0 Å². The van der Waals surface area contributed by atoms with Gasteiger partial charge in [-0.1, -0.05) is 24.3 Å². The van der Waals surface area contributed by atoms with E-state index < -0.39 is 0 Å². The molecule has 0 saturated heterocycles. The molecule has 7 heteroatoms. The van der Waals surface area contributed by atoms with E-state index in [0.717, 1.165) is 33.8 Å². The Morgan fingerprint density at radius 2 is 1.87 bits per heavy atom. The molecule has 2 aromatic carbocycles. The van der Waals surface area contributed by atoms with Crippen molar-refractivity contribution in [2.75, 3.05) is 13.2 Å². The van der Waals surface area contributed by atoms with Crippen molar-refractivity contribution in [1.29, 1.82) is 0 Å². The van der Waals surface area contributed by atoms with Gasteiger partial charge in [0.1, 0.15) is 18.9 Å². The Bertz CT molecular complexity index is 1290. The number of aryl methyl sites for hydroxylation is 1. The zero-order chi connectivity index (χ0) is 21.4. The fourth-order valence-corrected chi connectivity index (χ4v) is 3.86. The third-order valence-corrected chi connectivity index (χ3v) is 5.61. The van der Waals surface area contributed by atoms with Gasteiger partial charge in [-0.15, -0.1) is 0 Å². The second kappa shape index (κ2) is 7.92. The Morgan fingerprint density at radius 3 is 2.68 bits per heavy atom. The Balaban J connectivity index is 1.39. The molecule has 7 nitrogen and oxygen atoms in total. The maximum absolute atomic E-state index is 12.8. The lowest BCUT2D eigenvalue weighted by Crippen LogP contribution is -2.24. The molecular formula is C24H24N4O3. The maximum Gasteiger partial charge on any atom is 0.254 e. The molecule has 0 radical (unpaired) electrons. The van der Waals surface area contributed by atoms with E-state index in [1.807, 2.05) is 61.5 Å². The average molecular weight is 416 g/mol. The molecule has 2 N–H and O–H groups in total. The molecule has 1 aliphatic rings. The second-order valence-electron chi connectivity index (χ2n) is 7.72. The van der Waals surface area contributed by atoms with Crippen LogP contribution in [0.25, 0.3) is 16.7 Å². The molecule has 5 rings (SSSR count). The van der Waals surface area contributed by atoms with Gasteiger partial charge in [-0.3, -0.25) is 4.79 Å². The number of nitrogens with one attached hydrogen (secondary N) is 2. The summed E-state index contributed by atoms with van der Waals surface area (Å²) in [6, 6.07) is 17.7. The largest absolute Gasteiger partial charge is 0.486 e. The summed E-state index contributed by atoms with van der Waals surface area (Å²) in [6.45, 7) is 5.60. The molecule has 1 atom stereocenters. The van der Waals surface area contributed by atoms with Crippen LogP contribution in [0.15, 0.2) is 59.4 Å². The van der Waals surface area contributed by atoms with Gasteiger partial charge in [-0.25, -0.2) is 4.68 Å². The SMILES string of the molecule is Cc1nn(-c2ccccc2)c2[nH]c(=O)c(CN[C@@H](C)c3ccc4c(c3)OCCO4)cc12. The minimum Gasteiger partial charge on any atom is -0.486 e. The summed E-state index contributed by atoms with van der Waals surface area (Å²) < 4.78 is 13.0. The number of rotatable bonds is 5. The van der Waals surface area contributed by atoms with Gasteiger partial charge in [0.25, 0.3) is 5.56 Å². The predicted octanol–water partition coefficient (Wildman–Crippen LogP) is 3.64. The van der Waals surface area contributed by atoms with E-state index in [2.05, 4.69) is 22.3 Å². The van der Waals surface area contributed by atoms with Crippen LogP contribution in [0.3, 0.4) is 0 Å². The monoisotopic (exact) mass is 416 g/mol. The number of hydrogen-bond acceptors (Lipinski definition) is 5. The number of fused-ring (bicyclic) bond motifs is 2. The molecule has 31 heavy (non-hydrogen) atoms. The highest BCUT2D eigenvalue weighted by Crippen LogP contribution is 2.32. The molecular weight excluding hydrogens is 392 g/mol. The average Bonchev–Trinajstić information content (AvgIpc) is 3.12. The number of pyridine rings is 1. The number of aromatic amines is 1. The first-order chi connectivity index (χ1) is 15.1. The molecule has 0 fully saturated rings. The van der Waals surface area contributed by atoms with E-state index in [1.165, 1.54) is 0 Å². The summed E-state index contributed by atoms with van der Waals surface area (Å²) >= 11 is 0. The summed E-state index contributed by atoms with van der Waals surface area (Å²) in [5, 5.41) is 9.01. The van der Waals surface area contributed by atoms with Crippen LogP contribution in [-0.2, 0) is 6.54 Å². The molecule has 2 aromatic heterocycles. The van der Waals surface area contributed by atoms with Crippen molar-refractivity contribution in [3.05, 3.63) is 81.8 Å². The Hall–Kier alpha value is -3.58. The minimum absolute atomic E-state index is 0.0408. The highest BCUT2D eigenvalue weighted by atomic mass is 16.6. The number of hydrogen-bond donors (Lipinski definition) is 2. The Kier molecular flexibility index (Phi) is 4.95. The van der Waals surface area contributed by atoms with Crippen LogP contribution in [0.5, 0.6) is 11.5 Å².